The summed E-state index contributed by atoms with van der Waals surface area (Å²) < 4.78 is 0. The average molecular weight is 558 g/mol. The van der Waals surface area contributed by atoms with Gasteiger partial charge in [0.05, 0.1) is 15.8 Å². The zero-order valence-electron chi connectivity index (χ0n) is 21.5. The molecule has 0 radical (unpaired) electrons. The van der Waals surface area contributed by atoms with Gasteiger partial charge in [0.25, 0.3) is 0 Å². The molecule has 3 aromatic rings. The van der Waals surface area contributed by atoms with Crippen LogP contribution in [0.2, 0.25) is 10.0 Å². The van der Waals surface area contributed by atoms with E-state index < -0.39 is 6.04 Å². The molecule has 4 nitrogen and oxygen atoms in total. The summed E-state index contributed by atoms with van der Waals surface area (Å²) in [4.78, 5) is 28.9. The highest BCUT2D eigenvalue weighted by Gasteiger charge is 2.30. The van der Waals surface area contributed by atoms with Crippen LogP contribution in [0.15, 0.2) is 72.8 Å². The van der Waals surface area contributed by atoms with Crippen LogP contribution in [0.1, 0.15) is 36.1 Å². The number of aryl methyl sites for hydroxylation is 1. The van der Waals surface area contributed by atoms with Crippen molar-refractivity contribution in [1.29, 1.82) is 0 Å². The van der Waals surface area contributed by atoms with Crippen LogP contribution in [-0.2, 0) is 28.3 Å². The van der Waals surface area contributed by atoms with Crippen LogP contribution in [0, 0.1) is 12.8 Å². The van der Waals surface area contributed by atoms with Crippen LogP contribution in [0.3, 0.4) is 0 Å². The van der Waals surface area contributed by atoms with Crippen molar-refractivity contribution in [1.82, 2.24) is 10.2 Å². The van der Waals surface area contributed by atoms with E-state index in [1.807, 2.05) is 62.4 Å². The minimum Gasteiger partial charge on any atom is -0.354 e. The number of carbonyl (C=O) groups is 2. The molecule has 0 aliphatic rings. The molecule has 0 fully saturated rings. The molecule has 0 saturated carbocycles. The van der Waals surface area contributed by atoms with Crippen molar-refractivity contribution in [3.63, 3.8) is 0 Å². The maximum atomic E-state index is 13.7. The molecule has 0 heterocycles. The van der Waals surface area contributed by atoms with E-state index in [0.717, 1.165) is 16.9 Å². The number of rotatable bonds is 12. The van der Waals surface area contributed by atoms with Crippen molar-refractivity contribution in [3.8, 4) is 0 Å². The maximum absolute atomic E-state index is 13.7. The van der Waals surface area contributed by atoms with Gasteiger partial charge in [0.15, 0.2) is 0 Å². The Morgan fingerprint density at radius 1 is 0.919 bits per heavy atom. The fraction of sp³-hybridized carbons (Fsp3) is 0.333. The minimum absolute atomic E-state index is 0.0923. The van der Waals surface area contributed by atoms with E-state index in [-0.39, 0.29) is 24.1 Å². The number of nitrogens with one attached hydrogen (secondary N) is 1. The van der Waals surface area contributed by atoms with E-state index in [1.54, 1.807) is 28.8 Å². The molecule has 2 amide bonds. The molecule has 196 valence electrons. The van der Waals surface area contributed by atoms with E-state index in [1.165, 1.54) is 11.1 Å². The first-order valence-electron chi connectivity index (χ1n) is 12.4. The molecule has 0 saturated heterocycles. The minimum atomic E-state index is -0.665. The molecule has 1 atom stereocenters. The quantitative estimate of drug-likeness (QED) is 0.262. The summed E-state index contributed by atoms with van der Waals surface area (Å²) in [6, 6.07) is 22.6. The Kier molecular flexibility index (Phi) is 11.4. The lowest BCUT2D eigenvalue weighted by Gasteiger charge is -2.32. The average Bonchev–Trinajstić information content (AvgIpc) is 2.88. The summed E-state index contributed by atoms with van der Waals surface area (Å²) in [5, 5.41) is 3.92. The molecule has 0 aliphatic carbocycles. The van der Waals surface area contributed by atoms with Gasteiger partial charge in [0, 0.05) is 25.3 Å². The fourth-order valence-corrected chi connectivity index (χ4v) is 5.22. The van der Waals surface area contributed by atoms with Crippen LogP contribution in [0.5, 0.6) is 0 Å². The predicted molar refractivity (Wildman–Crippen MR) is 156 cm³/mol. The van der Waals surface area contributed by atoms with Crippen molar-refractivity contribution in [3.05, 3.63) is 105 Å². The number of benzene rings is 3. The Bertz CT molecular complexity index is 1190. The van der Waals surface area contributed by atoms with Gasteiger partial charge in [-0.1, -0.05) is 97.7 Å². The second kappa shape index (κ2) is 14.5. The Morgan fingerprint density at radius 3 is 2.30 bits per heavy atom. The molecule has 3 aromatic carbocycles. The van der Waals surface area contributed by atoms with Gasteiger partial charge in [0.2, 0.25) is 11.8 Å². The second-order valence-corrected chi connectivity index (χ2v) is 11.3. The highest BCUT2D eigenvalue weighted by atomic mass is 35.5. The van der Waals surface area contributed by atoms with E-state index in [0.29, 0.717) is 28.9 Å². The number of halogens is 2. The lowest BCUT2D eigenvalue weighted by atomic mass is 10.0. The van der Waals surface area contributed by atoms with Gasteiger partial charge in [-0.3, -0.25) is 9.59 Å². The smallest absolute Gasteiger partial charge is 0.243 e. The van der Waals surface area contributed by atoms with E-state index in [9.17, 15) is 9.59 Å². The largest absolute Gasteiger partial charge is 0.354 e. The van der Waals surface area contributed by atoms with E-state index >= 15 is 0 Å². The lowest BCUT2D eigenvalue weighted by molar-refractivity contribution is -0.139. The fourth-order valence-electron chi connectivity index (χ4n) is 3.91. The molecule has 0 unspecified atom stereocenters. The Morgan fingerprint density at radius 2 is 1.62 bits per heavy atom. The molecule has 3 rings (SSSR count). The van der Waals surface area contributed by atoms with Crippen LogP contribution < -0.4 is 5.32 Å². The molecule has 7 heteroatoms. The summed E-state index contributed by atoms with van der Waals surface area (Å²) in [5.74, 6) is 1.03. The third-order valence-electron chi connectivity index (χ3n) is 6.04. The molecule has 0 aliphatic heterocycles. The molecule has 37 heavy (non-hydrogen) atoms. The van der Waals surface area contributed by atoms with Crippen LogP contribution >= 0.6 is 35.0 Å². The van der Waals surface area contributed by atoms with Crippen LogP contribution in [0.4, 0.5) is 0 Å². The van der Waals surface area contributed by atoms with E-state index in [4.69, 9.17) is 23.2 Å². The monoisotopic (exact) mass is 556 g/mol. The standard InChI is InChI=1S/C30H34Cl2N2O2S/c1-21(2)17-33-30(36)28(16-23-10-5-4-6-11-23)34(18-24-13-14-26(31)27(32)15-24)29(35)20-37-19-25-12-8-7-9-22(25)3/h4-15,21,28H,16-20H2,1-3H3,(H,33,36)/t28-/m1/s1. The summed E-state index contributed by atoms with van der Waals surface area (Å²) in [5.41, 5.74) is 4.21. The molecule has 0 spiro atoms. The molecule has 0 aromatic heterocycles. The Labute approximate surface area is 234 Å². The summed E-state index contributed by atoms with van der Waals surface area (Å²) in [7, 11) is 0. The molecule has 1 N–H and O–H groups in total. The summed E-state index contributed by atoms with van der Waals surface area (Å²) in [6.45, 7) is 6.97. The topological polar surface area (TPSA) is 49.4 Å². The number of hydrogen-bond acceptors (Lipinski definition) is 3. The number of nitrogens with zero attached hydrogens (tertiary/aromatic N) is 1. The highest BCUT2D eigenvalue weighted by molar-refractivity contribution is 7.99. The molecular weight excluding hydrogens is 523 g/mol. The van der Waals surface area contributed by atoms with Gasteiger partial charge in [-0.25, -0.2) is 0 Å². The van der Waals surface area contributed by atoms with Gasteiger partial charge in [-0.15, -0.1) is 11.8 Å². The number of thioether (sulfide) groups is 1. The number of carbonyl (C=O) groups excluding carboxylic acids is 2. The zero-order chi connectivity index (χ0) is 26.8. The second-order valence-electron chi connectivity index (χ2n) is 9.53. The third kappa shape index (κ3) is 9.10. The van der Waals surface area contributed by atoms with Crippen LogP contribution in [0.25, 0.3) is 0 Å². The van der Waals surface area contributed by atoms with Gasteiger partial charge in [-0.2, -0.15) is 0 Å². The first-order chi connectivity index (χ1) is 17.7. The highest BCUT2D eigenvalue weighted by Crippen LogP contribution is 2.25. The zero-order valence-corrected chi connectivity index (χ0v) is 23.9. The van der Waals surface area contributed by atoms with Gasteiger partial charge in [-0.05, 0) is 47.2 Å². The lowest BCUT2D eigenvalue weighted by Crippen LogP contribution is -2.51. The summed E-state index contributed by atoms with van der Waals surface area (Å²) >= 11 is 14.0. The maximum Gasteiger partial charge on any atom is 0.243 e. The van der Waals surface area contributed by atoms with Crippen LogP contribution in [-0.4, -0.2) is 35.1 Å². The van der Waals surface area contributed by atoms with Gasteiger partial charge < -0.3 is 10.2 Å². The normalized spacial score (nSPS) is 11.8. The first-order valence-corrected chi connectivity index (χ1v) is 14.3. The van der Waals surface area contributed by atoms with Crippen molar-refractivity contribution in [2.24, 2.45) is 5.92 Å². The number of amides is 2. The van der Waals surface area contributed by atoms with Gasteiger partial charge >= 0.3 is 0 Å². The van der Waals surface area contributed by atoms with E-state index in [2.05, 4.69) is 24.4 Å². The SMILES string of the molecule is Cc1ccccc1CSCC(=O)N(Cc1ccc(Cl)c(Cl)c1)[C@H](Cc1ccccc1)C(=O)NCC(C)C. The summed E-state index contributed by atoms with van der Waals surface area (Å²) in [6.07, 6.45) is 0.417. The van der Waals surface area contributed by atoms with Crippen molar-refractivity contribution in [2.45, 2.75) is 45.5 Å². The predicted octanol–water partition coefficient (Wildman–Crippen LogP) is 6.95. The molecule has 0 bridgehead atoms. The van der Waals surface area contributed by atoms with Crippen molar-refractivity contribution >= 4 is 46.8 Å². The Balaban J connectivity index is 1.87. The Hall–Kier alpha value is -2.47. The van der Waals surface area contributed by atoms with Crippen molar-refractivity contribution in [2.75, 3.05) is 12.3 Å². The van der Waals surface area contributed by atoms with Gasteiger partial charge in [0.1, 0.15) is 6.04 Å². The number of hydrogen-bond donors (Lipinski definition) is 1. The first kappa shape index (κ1) is 29.1. The van der Waals surface area contributed by atoms with Crippen molar-refractivity contribution < 1.29 is 9.59 Å². The molecular formula is C30H34Cl2N2O2S. The third-order valence-corrected chi connectivity index (χ3v) is 7.74.